The molecule has 0 N–H and O–H groups in total. The van der Waals surface area contributed by atoms with Gasteiger partial charge in [0.05, 0.1) is 4.75 Å². The summed E-state index contributed by atoms with van der Waals surface area (Å²) in [6.07, 6.45) is 6.60. The number of allylic oxidation sites excluding steroid dienone is 1. The van der Waals surface area contributed by atoms with Crippen LogP contribution >= 0.6 is 23.5 Å². The topological polar surface area (TPSA) is 17.1 Å². The van der Waals surface area contributed by atoms with E-state index in [9.17, 15) is 4.79 Å². The Morgan fingerprint density at radius 1 is 1.53 bits per heavy atom. The lowest BCUT2D eigenvalue weighted by atomic mass is 9.48. The molecule has 0 saturated heterocycles. The highest BCUT2D eigenvalue weighted by Crippen LogP contribution is 2.68. The zero-order valence-corrected chi connectivity index (χ0v) is 11.4. The van der Waals surface area contributed by atoms with Crippen molar-refractivity contribution in [1.82, 2.24) is 0 Å². The third-order valence-electron chi connectivity index (χ3n) is 4.37. The molecular formula is C12H18OS2. The van der Waals surface area contributed by atoms with Crippen LogP contribution in [-0.2, 0) is 0 Å². The summed E-state index contributed by atoms with van der Waals surface area (Å²) < 4.78 is 0.367. The minimum Gasteiger partial charge on any atom is -0.274 e. The monoisotopic (exact) mass is 242 g/mol. The summed E-state index contributed by atoms with van der Waals surface area (Å²) in [5.74, 6) is 0.781. The van der Waals surface area contributed by atoms with E-state index < -0.39 is 0 Å². The molecule has 1 saturated carbocycles. The van der Waals surface area contributed by atoms with Gasteiger partial charge in [-0.25, -0.2) is 0 Å². The van der Waals surface area contributed by atoms with Crippen LogP contribution in [-0.4, -0.2) is 15.5 Å². The molecule has 0 amide bonds. The molecule has 0 heterocycles. The molecule has 0 aromatic heterocycles. The average molecular weight is 242 g/mol. The van der Waals surface area contributed by atoms with Crippen molar-refractivity contribution in [2.24, 2.45) is 11.3 Å². The number of carbonyl (C=O) groups excluding carboxylic acids is 1. The predicted octanol–water partition coefficient (Wildman–Crippen LogP) is 4.34. The molecule has 2 bridgehead atoms. The van der Waals surface area contributed by atoms with Gasteiger partial charge in [0.2, 0.25) is 4.45 Å². The number of fused-ring (bicyclic) bond motifs is 1. The number of rotatable bonds is 1. The summed E-state index contributed by atoms with van der Waals surface area (Å²) in [5.41, 5.74) is 1.71. The third-order valence-corrected chi connectivity index (χ3v) is 6.98. The van der Waals surface area contributed by atoms with Crippen molar-refractivity contribution in [1.29, 1.82) is 0 Å². The third kappa shape index (κ3) is 1.42. The number of hydrogen-bond donors (Lipinski definition) is 0. The van der Waals surface area contributed by atoms with Crippen LogP contribution in [0, 0.1) is 11.3 Å². The largest absolute Gasteiger partial charge is 0.274 e. The summed E-state index contributed by atoms with van der Waals surface area (Å²) in [6.45, 7) is 6.83. The predicted molar refractivity (Wildman–Crippen MR) is 69.5 cm³/mol. The van der Waals surface area contributed by atoms with Crippen LogP contribution in [0.3, 0.4) is 0 Å². The van der Waals surface area contributed by atoms with Crippen molar-refractivity contribution in [3.8, 4) is 0 Å². The van der Waals surface area contributed by atoms with Gasteiger partial charge in [0.15, 0.2) is 0 Å². The second-order valence-corrected chi connectivity index (χ2v) is 7.44. The van der Waals surface area contributed by atoms with Crippen LogP contribution in [0.2, 0.25) is 0 Å². The molecule has 3 heteroatoms. The van der Waals surface area contributed by atoms with Crippen molar-refractivity contribution >= 4 is 28.0 Å². The van der Waals surface area contributed by atoms with Gasteiger partial charge in [0.25, 0.3) is 0 Å². The molecule has 0 aromatic rings. The first-order chi connectivity index (χ1) is 6.94. The van der Waals surface area contributed by atoms with E-state index in [2.05, 4.69) is 26.8 Å². The smallest absolute Gasteiger partial charge is 0.246 e. The SMILES string of the molecule is CSC(=O)SC12CC(CC=C1C)C2(C)C. The Balaban J connectivity index is 2.29. The summed E-state index contributed by atoms with van der Waals surface area (Å²) in [7, 11) is 0. The average Bonchev–Trinajstić information content (AvgIpc) is 2.20. The lowest BCUT2D eigenvalue weighted by Gasteiger charge is -2.64. The number of hydrogen-bond acceptors (Lipinski definition) is 3. The second-order valence-electron chi connectivity index (χ2n) is 5.13. The highest BCUT2D eigenvalue weighted by atomic mass is 32.2. The van der Waals surface area contributed by atoms with Gasteiger partial charge in [0, 0.05) is 0 Å². The maximum absolute atomic E-state index is 11.6. The fourth-order valence-electron chi connectivity index (χ4n) is 3.03. The zero-order chi connectivity index (χ0) is 11.3. The Kier molecular flexibility index (Phi) is 2.75. The van der Waals surface area contributed by atoms with Crippen LogP contribution in [0.15, 0.2) is 11.6 Å². The van der Waals surface area contributed by atoms with Crippen LogP contribution in [0.1, 0.15) is 33.6 Å². The van der Waals surface area contributed by atoms with Crippen molar-refractivity contribution in [3.05, 3.63) is 11.6 Å². The Labute approximate surface area is 100 Å². The van der Waals surface area contributed by atoms with Crippen LogP contribution in [0.25, 0.3) is 0 Å². The molecule has 1 nitrogen and oxygen atoms in total. The van der Waals surface area contributed by atoms with Gasteiger partial charge in [-0.05, 0) is 37.4 Å². The van der Waals surface area contributed by atoms with Gasteiger partial charge in [-0.3, -0.25) is 4.79 Å². The van der Waals surface area contributed by atoms with Gasteiger partial charge in [-0.15, -0.1) is 0 Å². The Bertz CT molecular complexity index is 333. The number of thioether (sulfide) groups is 2. The van der Waals surface area contributed by atoms with Crippen LogP contribution < -0.4 is 0 Å². The van der Waals surface area contributed by atoms with Crippen molar-refractivity contribution < 1.29 is 4.79 Å². The Hall–Kier alpha value is 0.110. The standard InChI is InChI=1S/C12H18OS2/c1-8-5-6-9-7-12(8,11(9,2)3)15-10(13)14-4/h5,9H,6-7H2,1-4H3. The molecule has 84 valence electrons. The molecule has 0 radical (unpaired) electrons. The van der Waals surface area contributed by atoms with Gasteiger partial charge in [-0.2, -0.15) is 0 Å². The maximum Gasteiger partial charge on any atom is 0.246 e. The molecule has 15 heavy (non-hydrogen) atoms. The minimum absolute atomic E-state index is 0.107. The first-order valence-corrected chi connectivity index (χ1v) is 7.42. The van der Waals surface area contributed by atoms with E-state index in [0.717, 1.165) is 5.92 Å². The van der Waals surface area contributed by atoms with Crippen LogP contribution in [0.4, 0.5) is 4.79 Å². The molecule has 3 aliphatic rings. The minimum atomic E-state index is 0.107. The lowest BCUT2D eigenvalue weighted by molar-refractivity contribution is 0.0229. The molecule has 3 aliphatic carbocycles. The molecule has 0 aliphatic heterocycles. The van der Waals surface area contributed by atoms with E-state index >= 15 is 0 Å². The molecular weight excluding hydrogens is 224 g/mol. The zero-order valence-electron chi connectivity index (χ0n) is 9.79. The fraction of sp³-hybridized carbons (Fsp3) is 0.750. The van der Waals surface area contributed by atoms with Gasteiger partial charge in [-0.1, -0.05) is 49.0 Å². The number of carbonyl (C=O) groups is 1. The summed E-state index contributed by atoms with van der Waals surface area (Å²) in [5, 5.41) is 0. The van der Waals surface area contributed by atoms with Gasteiger partial charge < -0.3 is 0 Å². The fourth-order valence-corrected chi connectivity index (χ4v) is 5.04. The van der Waals surface area contributed by atoms with E-state index in [4.69, 9.17) is 0 Å². The van der Waals surface area contributed by atoms with E-state index in [1.165, 1.54) is 30.2 Å². The van der Waals surface area contributed by atoms with E-state index in [0.29, 0.717) is 5.41 Å². The Morgan fingerprint density at radius 2 is 2.20 bits per heavy atom. The Morgan fingerprint density at radius 3 is 2.67 bits per heavy atom. The maximum atomic E-state index is 11.6. The highest BCUT2D eigenvalue weighted by molar-refractivity contribution is 8.38. The van der Waals surface area contributed by atoms with E-state index in [1.807, 2.05) is 6.26 Å². The molecule has 3 rings (SSSR count). The second kappa shape index (κ2) is 3.56. The molecule has 1 fully saturated rings. The molecule has 2 atom stereocenters. The van der Waals surface area contributed by atoms with Gasteiger partial charge >= 0.3 is 0 Å². The quantitative estimate of drug-likeness (QED) is 0.637. The van der Waals surface area contributed by atoms with Crippen molar-refractivity contribution in [2.75, 3.05) is 6.26 Å². The van der Waals surface area contributed by atoms with Crippen molar-refractivity contribution in [3.63, 3.8) is 0 Å². The summed E-state index contributed by atoms with van der Waals surface area (Å²) in [6, 6.07) is 0. The van der Waals surface area contributed by atoms with E-state index in [1.54, 1.807) is 11.8 Å². The van der Waals surface area contributed by atoms with Gasteiger partial charge in [0.1, 0.15) is 0 Å². The molecule has 0 aromatic carbocycles. The van der Waals surface area contributed by atoms with Crippen molar-refractivity contribution in [2.45, 2.75) is 38.4 Å². The molecule has 2 unspecified atom stereocenters. The van der Waals surface area contributed by atoms with E-state index in [-0.39, 0.29) is 9.19 Å². The normalized spacial score (nSPS) is 36.8. The first kappa shape index (κ1) is 11.6. The lowest BCUT2D eigenvalue weighted by Crippen LogP contribution is -2.61. The summed E-state index contributed by atoms with van der Waals surface area (Å²) >= 11 is 2.90. The molecule has 0 spiro atoms. The first-order valence-electron chi connectivity index (χ1n) is 5.38. The summed E-state index contributed by atoms with van der Waals surface area (Å²) in [4.78, 5) is 11.6. The van der Waals surface area contributed by atoms with Crippen LogP contribution in [0.5, 0.6) is 0 Å². The highest BCUT2D eigenvalue weighted by Gasteiger charge is 2.63.